The molecule has 1 aliphatic rings. The Labute approximate surface area is 65.7 Å². The second-order valence-electron chi connectivity index (χ2n) is 2.24. The molecular weight excluding hydrogens is 142 g/mol. The smallest absolute Gasteiger partial charge is 0.407 e. The molecule has 0 bridgehead atoms. The van der Waals surface area contributed by atoms with E-state index in [0.29, 0.717) is 0 Å². The third-order valence-electron chi connectivity index (χ3n) is 1.40. The van der Waals surface area contributed by atoms with E-state index < -0.39 is 0 Å². The first-order valence-corrected chi connectivity index (χ1v) is 3.54. The Morgan fingerprint density at radius 1 is 1.64 bits per heavy atom. The summed E-state index contributed by atoms with van der Waals surface area (Å²) in [7, 11) is 1.55. The quantitative estimate of drug-likeness (QED) is 0.615. The van der Waals surface area contributed by atoms with Crippen molar-refractivity contribution in [2.45, 2.75) is 12.5 Å². The van der Waals surface area contributed by atoms with Gasteiger partial charge in [0.15, 0.2) is 0 Å². The topological polar surface area (TPSA) is 38.3 Å². The van der Waals surface area contributed by atoms with Gasteiger partial charge < -0.3 is 10.1 Å². The van der Waals surface area contributed by atoms with Gasteiger partial charge in [-0.3, -0.25) is 0 Å². The zero-order valence-corrected chi connectivity index (χ0v) is 6.41. The predicted molar refractivity (Wildman–Crippen MR) is 42.2 cm³/mol. The number of carbonyl (C=O) groups is 1. The van der Waals surface area contributed by atoms with Gasteiger partial charge in [-0.15, -0.1) is 0 Å². The van der Waals surface area contributed by atoms with Gasteiger partial charge in [0, 0.05) is 13.5 Å². The number of rotatable bonds is 1. The van der Waals surface area contributed by atoms with E-state index in [1.54, 1.807) is 7.05 Å². The largest absolute Gasteiger partial charge is 0.442 e. The summed E-state index contributed by atoms with van der Waals surface area (Å²) in [6, 6.07) is 0. The first-order chi connectivity index (χ1) is 5.33. The summed E-state index contributed by atoms with van der Waals surface area (Å²) in [6.45, 7) is 0. The number of carbonyl (C=O) groups excluding carboxylic acids is 1. The molecule has 11 heavy (non-hydrogen) atoms. The van der Waals surface area contributed by atoms with Crippen molar-refractivity contribution in [3.05, 3.63) is 24.3 Å². The summed E-state index contributed by atoms with van der Waals surface area (Å²) in [5, 5.41) is 2.39. The molecule has 1 N–H and O–H groups in total. The van der Waals surface area contributed by atoms with Gasteiger partial charge in [-0.1, -0.05) is 18.2 Å². The maximum atomic E-state index is 10.7. The van der Waals surface area contributed by atoms with Crippen molar-refractivity contribution in [3.63, 3.8) is 0 Å². The van der Waals surface area contributed by atoms with Crippen molar-refractivity contribution >= 4 is 6.09 Å². The average Bonchev–Trinajstić information content (AvgIpc) is 2.06. The minimum absolute atomic E-state index is 0.0973. The summed E-state index contributed by atoms with van der Waals surface area (Å²) in [5.74, 6) is 0. The van der Waals surface area contributed by atoms with E-state index >= 15 is 0 Å². The Morgan fingerprint density at radius 3 is 3.00 bits per heavy atom. The van der Waals surface area contributed by atoms with Gasteiger partial charge in [0.05, 0.1) is 0 Å². The van der Waals surface area contributed by atoms with E-state index in [1.807, 2.05) is 24.3 Å². The van der Waals surface area contributed by atoms with Crippen LogP contribution < -0.4 is 5.32 Å². The first kappa shape index (κ1) is 7.85. The van der Waals surface area contributed by atoms with Gasteiger partial charge in [0.2, 0.25) is 0 Å². The minimum atomic E-state index is -0.380. The molecule has 0 aromatic rings. The first-order valence-electron chi connectivity index (χ1n) is 3.54. The lowest BCUT2D eigenvalue weighted by atomic mass is 10.1. The number of allylic oxidation sites excluding steroid dienone is 2. The number of ether oxygens (including phenoxy) is 1. The maximum absolute atomic E-state index is 10.7. The fourth-order valence-corrected chi connectivity index (χ4v) is 0.842. The molecule has 0 aromatic carbocycles. The van der Waals surface area contributed by atoms with Crippen LogP contribution >= 0.6 is 0 Å². The van der Waals surface area contributed by atoms with E-state index in [-0.39, 0.29) is 12.2 Å². The maximum Gasteiger partial charge on any atom is 0.407 e. The van der Waals surface area contributed by atoms with Crippen molar-refractivity contribution in [3.8, 4) is 0 Å². The molecule has 0 fully saturated rings. The van der Waals surface area contributed by atoms with Crippen molar-refractivity contribution in [1.82, 2.24) is 5.32 Å². The highest BCUT2D eigenvalue weighted by Gasteiger charge is 2.08. The molecular formula is C8H11NO2. The second-order valence-corrected chi connectivity index (χ2v) is 2.24. The van der Waals surface area contributed by atoms with E-state index in [9.17, 15) is 4.79 Å². The van der Waals surface area contributed by atoms with E-state index in [1.165, 1.54) is 0 Å². The Hall–Kier alpha value is -1.25. The second kappa shape index (κ2) is 3.81. The van der Waals surface area contributed by atoms with Gasteiger partial charge in [0.1, 0.15) is 6.10 Å². The Balaban J connectivity index is 2.33. The van der Waals surface area contributed by atoms with Crippen molar-refractivity contribution in [1.29, 1.82) is 0 Å². The highest BCUT2D eigenvalue weighted by atomic mass is 16.6. The van der Waals surface area contributed by atoms with Crippen LogP contribution in [0.25, 0.3) is 0 Å². The molecule has 3 nitrogen and oxygen atoms in total. The summed E-state index contributed by atoms with van der Waals surface area (Å²) >= 11 is 0. The van der Waals surface area contributed by atoms with Crippen LogP contribution in [0.1, 0.15) is 6.42 Å². The highest BCUT2D eigenvalue weighted by molar-refractivity contribution is 5.67. The predicted octanol–water partition coefficient (Wildman–Crippen LogP) is 1.23. The van der Waals surface area contributed by atoms with Crippen LogP contribution in [0, 0.1) is 0 Å². The molecule has 0 heterocycles. The molecule has 1 atom stereocenters. The fraction of sp³-hybridized carbons (Fsp3) is 0.375. The summed E-state index contributed by atoms with van der Waals surface area (Å²) < 4.78 is 4.95. The third-order valence-corrected chi connectivity index (χ3v) is 1.40. The molecule has 0 spiro atoms. The van der Waals surface area contributed by atoms with Crippen LogP contribution in [0.2, 0.25) is 0 Å². The molecule has 1 amide bonds. The minimum Gasteiger partial charge on any atom is -0.442 e. The van der Waals surface area contributed by atoms with Gasteiger partial charge in [-0.05, 0) is 6.08 Å². The van der Waals surface area contributed by atoms with Crippen LogP contribution in [-0.2, 0) is 4.74 Å². The lowest BCUT2D eigenvalue weighted by Crippen LogP contribution is -2.24. The number of hydrogen-bond acceptors (Lipinski definition) is 2. The van der Waals surface area contributed by atoms with Crippen LogP contribution in [-0.4, -0.2) is 19.2 Å². The molecule has 0 radical (unpaired) electrons. The van der Waals surface area contributed by atoms with Crippen LogP contribution in [0.15, 0.2) is 24.3 Å². The van der Waals surface area contributed by atoms with E-state index in [0.717, 1.165) is 6.42 Å². The Kier molecular flexibility index (Phi) is 2.72. The lowest BCUT2D eigenvalue weighted by molar-refractivity contribution is 0.122. The number of amides is 1. The Morgan fingerprint density at radius 2 is 2.45 bits per heavy atom. The van der Waals surface area contributed by atoms with Gasteiger partial charge in [0.25, 0.3) is 0 Å². The highest BCUT2D eigenvalue weighted by Crippen LogP contribution is 2.06. The fourth-order valence-electron chi connectivity index (χ4n) is 0.842. The number of hydrogen-bond donors (Lipinski definition) is 1. The van der Waals surface area contributed by atoms with E-state index in [4.69, 9.17) is 4.74 Å². The normalized spacial score (nSPS) is 21.4. The molecule has 60 valence electrons. The van der Waals surface area contributed by atoms with Crippen molar-refractivity contribution in [2.24, 2.45) is 0 Å². The standard InChI is InChI=1S/C8H11NO2/c1-9-8(10)11-7-5-3-2-4-6-7/h2-5,7H,6H2,1H3,(H,9,10). The van der Waals surface area contributed by atoms with E-state index in [2.05, 4.69) is 5.32 Å². The molecule has 1 aliphatic carbocycles. The third kappa shape index (κ3) is 2.45. The van der Waals surface area contributed by atoms with Crippen LogP contribution in [0.5, 0.6) is 0 Å². The Bertz CT molecular complexity index is 196. The molecule has 0 aliphatic heterocycles. The van der Waals surface area contributed by atoms with Gasteiger partial charge >= 0.3 is 6.09 Å². The molecule has 0 aromatic heterocycles. The lowest BCUT2D eigenvalue weighted by Gasteiger charge is -2.13. The number of nitrogens with one attached hydrogen (secondary N) is 1. The SMILES string of the molecule is CNC(=O)OC1C=CC=CC1. The molecule has 1 rings (SSSR count). The molecule has 3 heteroatoms. The zero-order chi connectivity index (χ0) is 8.10. The number of alkyl carbamates (subject to hydrolysis) is 1. The average molecular weight is 153 g/mol. The van der Waals surface area contributed by atoms with Crippen LogP contribution in [0.4, 0.5) is 4.79 Å². The molecule has 0 saturated carbocycles. The van der Waals surface area contributed by atoms with Crippen LogP contribution in [0.3, 0.4) is 0 Å². The zero-order valence-electron chi connectivity index (χ0n) is 6.41. The van der Waals surface area contributed by atoms with Gasteiger partial charge in [-0.25, -0.2) is 4.79 Å². The summed E-state index contributed by atoms with van der Waals surface area (Å²) in [5.41, 5.74) is 0. The summed E-state index contributed by atoms with van der Waals surface area (Å²) in [6.07, 6.45) is 7.92. The monoisotopic (exact) mass is 153 g/mol. The van der Waals surface area contributed by atoms with Crippen molar-refractivity contribution < 1.29 is 9.53 Å². The molecule has 0 saturated heterocycles. The summed E-state index contributed by atoms with van der Waals surface area (Å²) in [4.78, 5) is 10.7. The molecule has 1 unspecified atom stereocenters. The van der Waals surface area contributed by atoms with Gasteiger partial charge in [-0.2, -0.15) is 0 Å². The van der Waals surface area contributed by atoms with Crippen molar-refractivity contribution in [2.75, 3.05) is 7.05 Å².